The number of aromatic nitrogens is 4. The van der Waals surface area contributed by atoms with Crippen LogP contribution in [-0.2, 0) is 30.2 Å². The van der Waals surface area contributed by atoms with Gasteiger partial charge in [0, 0.05) is 39.4 Å². The third kappa shape index (κ3) is 3.70. The Hall–Kier alpha value is -1.71. The standard InChI is InChI=1S/C17H26N6O2S/c1-13-9-16(21(2)20-13)12-22-10-14-5-7-18-23(14)15(11-22)6-8-19-26(24,25)17-3-4-17/h5,7,9,15,17,19H,3-4,6,8,10-12H2,1-2H3/t15-/m0/s1. The van der Waals surface area contributed by atoms with Crippen LogP contribution in [0.4, 0.5) is 0 Å². The maximum absolute atomic E-state index is 12.0. The third-order valence-corrected chi connectivity index (χ3v) is 7.14. The monoisotopic (exact) mass is 378 g/mol. The number of fused-ring (bicyclic) bond motifs is 1. The second-order valence-corrected chi connectivity index (χ2v) is 9.46. The minimum Gasteiger partial charge on any atom is -0.290 e. The van der Waals surface area contributed by atoms with Crippen LogP contribution in [0.25, 0.3) is 0 Å². The molecule has 26 heavy (non-hydrogen) atoms. The van der Waals surface area contributed by atoms with Gasteiger partial charge in [0.2, 0.25) is 10.0 Å². The number of hydrogen-bond acceptors (Lipinski definition) is 5. The van der Waals surface area contributed by atoms with E-state index in [4.69, 9.17) is 0 Å². The molecular weight excluding hydrogens is 352 g/mol. The van der Waals surface area contributed by atoms with E-state index in [9.17, 15) is 8.42 Å². The first-order chi connectivity index (χ1) is 12.4. The summed E-state index contributed by atoms with van der Waals surface area (Å²) in [7, 11) is -1.15. The molecule has 0 radical (unpaired) electrons. The number of sulfonamides is 1. The summed E-state index contributed by atoms with van der Waals surface area (Å²) in [5, 5.41) is 8.72. The summed E-state index contributed by atoms with van der Waals surface area (Å²) in [5.74, 6) is 0. The van der Waals surface area contributed by atoms with Crippen molar-refractivity contribution < 1.29 is 8.42 Å². The summed E-state index contributed by atoms with van der Waals surface area (Å²) >= 11 is 0. The predicted octanol–water partition coefficient (Wildman–Crippen LogP) is 0.954. The van der Waals surface area contributed by atoms with Crippen molar-refractivity contribution in [3.05, 3.63) is 35.4 Å². The highest BCUT2D eigenvalue weighted by atomic mass is 32.2. The van der Waals surface area contributed by atoms with Gasteiger partial charge in [-0.05, 0) is 38.3 Å². The lowest BCUT2D eigenvalue weighted by atomic mass is 10.1. The van der Waals surface area contributed by atoms with Crippen molar-refractivity contribution >= 4 is 10.0 Å². The SMILES string of the molecule is Cc1cc(CN2Cc3ccnn3[C@@H](CCNS(=O)(=O)C3CC3)C2)n(C)n1. The van der Waals surface area contributed by atoms with E-state index >= 15 is 0 Å². The van der Waals surface area contributed by atoms with E-state index in [1.807, 2.05) is 30.9 Å². The summed E-state index contributed by atoms with van der Waals surface area (Å²) in [6.45, 7) is 4.98. The topological polar surface area (TPSA) is 85.0 Å². The maximum Gasteiger partial charge on any atom is 0.214 e. The Bertz CT molecular complexity index is 883. The van der Waals surface area contributed by atoms with Crippen LogP contribution >= 0.6 is 0 Å². The van der Waals surface area contributed by atoms with Gasteiger partial charge in [-0.1, -0.05) is 0 Å². The van der Waals surface area contributed by atoms with Crippen LogP contribution in [0.5, 0.6) is 0 Å². The van der Waals surface area contributed by atoms with E-state index in [2.05, 4.69) is 30.6 Å². The lowest BCUT2D eigenvalue weighted by Crippen LogP contribution is -2.39. The molecule has 1 saturated carbocycles. The van der Waals surface area contributed by atoms with E-state index in [1.54, 1.807) is 0 Å². The van der Waals surface area contributed by atoms with Crippen molar-refractivity contribution in [1.29, 1.82) is 0 Å². The summed E-state index contributed by atoms with van der Waals surface area (Å²) in [6.07, 6.45) is 4.15. The van der Waals surface area contributed by atoms with Crippen LogP contribution in [0.2, 0.25) is 0 Å². The van der Waals surface area contributed by atoms with Gasteiger partial charge < -0.3 is 0 Å². The van der Waals surface area contributed by atoms with Crippen LogP contribution in [0.15, 0.2) is 18.3 Å². The van der Waals surface area contributed by atoms with Crippen molar-refractivity contribution in [2.24, 2.45) is 7.05 Å². The number of nitrogens with one attached hydrogen (secondary N) is 1. The van der Waals surface area contributed by atoms with Gasteiger partial charge in [-0.25, -0.2) is 13.1 Å². The second kappa shape index (κ2) is 6.79. The molecule has 0 amide bonds. The molecule has 0 spiro atoms. The quantitative estimate of drug-likeness (QED) is 0.775. The molecule has 1 atom stereocenters. The molecule has 0 aromatic carbocycles. The fourth-order valence-corrected chi connectivity index (χ4v) is 5.10. The highest BCUT2D eigenvalue weighted by molar-refractivity contribution is 7.90. The zero-order chi connectivity index (χ0) is 18.3. The summed E-state index contributed by atoms with van der Waals surface area (Å²) in [4.78, 5) is 2.38. The average molecular weight is 379 g/mol. The Kier molecular flexibility index (Phi) is 4.62. The average Bonchev–Trinajstić information content (AvgIpc) is 3.26. The van der Waals surface area contributed by atoms with Gasteiger partial charge in [-0.3, -0.25) is 14.3 Å². The Balaban J connectivity index is 1.42. The molecule has 0 unspecified atom stereocenters. The van der Waals surface area contributed by atoms with E-state index in [-0.39, 0.29) is 11.3 Å². The lowest BCUT2D eigenvalue weighted by Gasteiger charge is -2.34. The summed E-state index contributed by atoms with van der Waals surface area (Å²) < 4.78 is 30.8. The second-order valence-electron chi connectivity index (χ2n) is 7.42. The molecule has 0 saturated heterocycles. The zero-order valence-electron chi connectivity index (χ0n) is 15.3. The molecule has 1 N–H and O–H groups in total. The first-order valence-electron chi connectivity index (χ1n) is 9.15. The van der Waals surface area contributed by atoms with Crippen LogP contribution < -0.4 is 4.72 Å². The Labute approximate surface area is 154 Å². The Morgan fingerprint density at radius 2 is 2.15 bits per heavy atom. The third-order valence-electron chi connectivity index (χ3n) is 5.18. The molecule has 4 rings (SSSR count). The molecule has 1 aliphatic heterocycles. The summed E-state index contributed by atoms with van der Waals surface area (Å²) in [5.41, 5.74) is 3.38. The molecule has 9 heteroatoms. The van der Waals surface area contributed by atoms with Gasteiger partial charge >= 0.3 is 0 Å². The minimum absolute atomic E-state index is 0.168. The molecule has 3 heterocycles. The molecule has 1 fully saturated rings. The largest absolute Gasteiger partial charge is 0.290 e. The Morgan fingerprint density at radius 1 is 1.35 bits per heavy atom. The van der Waals surface area contributed by atoms with Gasteiger partial charge in [0.25, 0.3) is 0 Å². The van der Waals surface area contributed by atoms with E-state index in [0.717, 1.165) is 44.6 Å². The van der Waals surface area contributed by atoms with Gasteiger partial charge in [0.1, 0.15) is 0 Å². The van der Waals surface area contributed by atoms with Gasteiger partial charge in [0.15, 0.2) is 0 Å². The van der Waals surface area contributed by atoms with Crippen molar-refractivity contribution in [2.75, 3.05) is 13.1 Å². The molecule has 1 aliphatic carbocycles. The Morgan fingerprint density at radius 3 is 2.85 bits per heavy atom. The van der Waals surface area contributed by atoms with Crippen LogP contribution in [0.1, 0.15) is 42.4 Å². The lowest BCUT2D eigenvalue weighted by molar-refractivity contribution is 0.158. The predicted molar refractivity (Wildman–Crippen MR) is 97.9 cm³/mol. The molecule has 2 aliphatic rings. The normalized spacial score (nSPS) is 21.1. The molecule has 2 aromatic heterocycles. The fourth-order valence-electron chi connectivity index (χ4n) is 3.70. The van der Waals surface area contributed by atoms with Gasteiger partial charge in [0.05, 0.1) is 28.4 Å². The molecule has 0 bridgehead atoms. The molecule has 2 aromatic rings. The maximum atomic E-state index is 12.0. The molecular formula is C17H26N6O2S. The highest BCUT2D eigenvalue weighted by Crippen LogP contribution is 2.28. The van der Waals surface area contributed by atoms with Crippen molar-refractivity contribution in [3.8, 4) is 0 Å². The van der Waals surface area contributed by atoms with Crippen LogP contribution in [-0.4, -0.2) is 51.2 Å². The number of nitrogens with zero attached hydrogens (tertiary/aromatic N) is 5. The van der Waals surface area contributed by atoms with E-state index in [0.29, 0.717) is 6.54 Å². The van der Waals surface area contributed by atoms with Crippen LogP contribution in [0.3, 0.4) is 0 Å². The molecule has 8 nitrogen and oxygen atoms in total. The molecule has 142 valence electrons. The first-order valence-corrected chi connectivity index (χ1v) is 10.7. The smallest absolute Gasteiger partial charge is 0.214 e. The van der Waals surface area contributed by atoms with Crippen LogP contribution in [0, 0.1) is 6.92 Å². The van der Waals surface area contributed by atoms with E-state index < -0.39 is 10.0 Å². The number of aryl methyl sites for hydroxylation is 2. The number of rotatable bonds is 7. The zero-order valence-corrected chi connectivity index (χ0v) is 16.1. The van der Waals surface area contributed by atoms with E-state index in [1.165, 1.54) is 11.4 Å². The van der Waals surface area contributed by atoms with Gasteiger partial charge in [-0.2, -0.15) is 10.2 Å². The number of hydrogen-bond donors (Lipinski definition) is 1. The van der Waals surface area contributed by atoms with Crippen molar-refractivity contribution in [1.82, 2.24) is 29.2 Å². The van der Waals surface area contributed by atoms with Crippen molar-refractivity contribution in [2.45, 2.75) is 50.6 Å². The minimum atomic E-state index is -3.12. The van der Waals surface area contributed by atoms with Gasteiger partial charge in [-0.15, -0.1) is 0 Å². The highest BCUT2D eigenvalue weighted by Gasteiger charge is 2.35. The summed E-state index contributed by atoms with van der Waals surface area (Å²) in [6, 6.07) is 4.33. The fraction of sp³-hybridized carbons (Fsp3) is 0.647. The first kappa shape index (κ1) is 17.7. The van der Waals surface area contributed by atoms with Crippen molar-refractivity contribution in [3.63, 3.8) is 0 Å².